The van der Waals surface area contributed by atoms with Crippen LogP contribution < -0.4 is 4.74 Å². The van der Waals surface area contributed by atoms with Gasteiger partial charge in [0.05, 0.1) is 29.4 Å². The van der Waals surface area contributed by atoms with Crippen LogP contribution in [0.25, 0.3) is 0 Å². The predicted octanol–water partition coefficient (Wildman–Crippen LogP) is 2.86. The lowest BCUT2D eigenvalue weighted by molar-refractivity contribution is -0.168. The van der Waals surface area contributed by atoms with Crippen LogP contribution in [0.3, 0.4) is 0 Å². The van der Waals surface area contributed by atoms with E-state index in [2.05, 4.69) is 0 Å². The van der Waals surface area contributed by atoms with E-state index >= 15 is 0 Å². The molecule has 0 radical (unpaired) electrons. The first kappa shape index (κ1) is 18.1. The highest BCUT2D eigenvalue weighted by molar-refractivity contribution is 6.20. The summed E-state index contributed by atoms with van der Waals surface area (Å²) in [5.41, 5.74) is 0.962. The number of nitrogens with zero attached hydrogens (tertiary/aromatic N) is 2. The number of unbranched alkanes of at least 4 members (excludes halogenated alkanes) is 1. The quantitative estimate of drug-likeness (QED) is 0.554. The van der Waals surface area contributed by atoms with Gasteiger partial charge in [-0.2, -0.15) is 5.26 Å². The molecule has 0 aromatic heterocycles. The fourth-order valence-corrected chi connectivity index (χ4v) is 2.61. The molecular formula is C20H16N2O5. The lowest BCUT2D eigenvalue weighted by Crippen LogP contribution is -2.32. The summed E-state index contributed by atoms with van der Waals surface area (Å²) in [4.78, 5) is 41.1. The first-order valence-electron chi connectivity index (χ1n) is 8.41. The molecule has 7 nitrogen and oxygen atoms in total. The van der Waals surface area contributed by atoms with Gasteiger partial charge in [0.25, 0.3) is 11.8 Å². The van der Waals surface area contributed by atoms with Crippen molar-refractivity contribution in [2.75, 3.05) is 6.61 Å². The molecule has 0 aliphatic carbocycles. The second-order valence-electron chi connectivity index (χ2n) is 5.86. The highest BCUT2D eigenvalue weighted by Crippen LogP contribution is 2.23. The van der Waals surface area contributed by atoms with Gasteiger partial charge in [0.2, 0.25) is 0 Å². The summed E-state index contributed by atoms with van der Waals surface area (Å²) in [6.07, 6.45) is 1.10. The average molecular weight is 364 g/mol. The molecule has 1 aliphatic rings. The molecule has 0 atom stereocenters. The van der Waals surface area contributed by atoms with E-state index in [0.29, 0.717) is 35.8 Å². The van der Waals surface area contributed by atoms with E-state index in [-0.39, 0.29) is 17.5 Å². The lowest BCUT2D eigenvalue weighted by atomic mass is 10.1. The fraction of sp³-hybridized carbons (Fsp3) is 0.200. The summed E-state index contributed by atoms with van der Waals surface area (Å²) in [6.45, 7) is 0.370. The van der Waals surface area contributed by atoms with Gasteiger partial charge in [0.15, 0.2) is 0 Å². The molecule has 2 amide bonds. The molecular weight excluding hydrogens is 348 g/mol. The summed E-state index contributed by atoms with van der Waals surface area (Å²) in [5, 5.41) is 9.35. The van der Waals surface area contributed by atoms with E-state index < -0.39 is 17.8 Å². The number of amides is 2. The molecule has 0 spiro atoms. The average Bonchev–Trinajstić information content (AvgIpc) is 2.93. The Morgan fingerprint density at radius 3 is 2.37 bits per heavy atom. The Bertz CT molecular complexity index is 897. The Balaban J connectivity index is 1.41. The van der Waals surface area contributed by atoms with Crippen LogP contribution >= 0.6 is 0 Å². The van der Waals surface area contributed by atoms with Gasteiger partial charge in [0, 0.05) is 6.42 Å². The molecule has 136 valence electrons. The van der Waals surface area contributed by atoms with Crippen molar-refractivity contribution in [2.45, 2.75) is 19.3 Å². The van der Waals surface area contributed by atoms with Crippen LogP contribution in [-0.4, -0.2) is 29.5 Å². The Morgan fingerprint density at radius 1 is 1.00 bits per heavy atom. The van der Waals surface area contributed by atoms with Crippen LogP contribution in [0.1, 0.15) is 45.5 Å². The summed E-state index contributed by atoms with van der Waals surface area (Å²) in [6, 6.07) is 15.1. The number of carbonyl (C=O) groups is 3. The maximum absolute atomic E-state index is 12.1. The lowest BCUT2D eigenvalue weighted by Gasteiger charge is -2.12. The Hall–Kier alpha value is -3.66. The minimum Gasteiger partial charge on any atom is -0.494 e. The number of fused-ring (bicyclic) bond motifs is 1. The zero-order valence-electron chi connectivity index (χ0n) is 14.4. The molecule has 1 aliphatic heterocycles. The van der Waals surface area contributed by atoms with Crippen molar-refractivity contribution in [1.82, 2.24) is 5.06 Å². The van der Waals surface area contributed by atoms with Gasteiger partial charge in [-0.05, 0) is 43.2 Å². The molecule has 0 saturated carbocycles. The largest absolute Gasteiger partial charge is 0.494 e. The Morgan fingerprint density at radius 2 is 1.70 bits per heavy atom. The van der Waals surface area contributed by atoms with Crippen LogP contribution in [0.5, 0.6) is 5.75 Å². The summed E-state index contributed by atoms with van der Waals surface area (Å²) in [7, 11) is 0. The number of imide groups is 1. The SMILES string of the molecule is N#Cc1cccc(OCCCCC(=O)ON2C(=O)c3ccccc3C2=O)c1. The molecule has 2 aromatic rings. The first-order valence-corrected chi connectivity index (χ1v) is 8.41. The van der Waals surface area contributed by atoms with Crippen molar-refractivity contribution in [3.05, 3.63) is 65.2 Å². The Labute approximate surface area is 155 Å². The summed E-state index contributed by atoms with van der Waals surface area (Å²) < 4.78 is 5.52. The standard InChI is InChI=1S/C20H16N2O5/c21-13-14-6-5-7-15(12-14)26-11-4-3-10-18(23)27-22-19(24)16-8-1-2-9-17(16)20(22)25/h1-2,5-9,12H,3-4,10-11H2. The van der Waals surface area contributed by atoms with E-state index in [1.807, 2.05) is 6.07 Å². The molecule has 27 heavy (non-hydrogen) atoms. The van der Waals surface area contributed by atoms with Gasteiger partial charge in [-0.15, -0.1) is 0 Å². The van der Waals surface area contributed by atoms with Crippen molar-refractivity contribution in [2.24, 2.45) is 0 Å². The van der Waals surface area contributed by atoms with Gasteiger partial charge in [-0.25, -0.2) is 4.79 Å². The van der Waals surface area contributed by atoms with Crippen molar-refractivity contribution in [3.8, 4) is 11.8 Å². The molecule has 7 heteroatoms. The third-order valence-corrected chi connectivity index (χ3v) is 3.96. The molecule has 0 saturated heterocycles. The van der Waals surface area contributed by atoms with E-state index in [1.54, 1.807) is 36.4 Å². The van der Waals surface area contributed by atoms with E-state index in [1.165, 1.54) is 12.1 Å². The molecule has 1 heterocycles. The topological polar surface area (TPSA) is 96.7 Å². The molecule has 3 rings (SSSR count). The van der Waals surface area contributed by atoms with Crippen molar-refractivity contribution in [3.63, 3.8) is 0 Å². The minimum atomic E-state index is -0.656. The van der Waals surface area contributed by atoms with Crippen molar-refractivity contribution in [1.29, 1.82) is 5.26 Å². The zero-order chi connectivity index (χ0) is 19.2. The minimum absolute atomic E-state index is 0.0506. The zero-order valence-corrected chi connectivity index (χ0v) is 14.4. The van der Waals surface area contributed by atoms with E-state index in [9.17, 15) is 14.4 Å². The third kappa shape index (κ3) is 4.12. The molecule has 0 N–H and O–H groups in total. The van der Waals surface area contributed by atoms with Crippen LogP contribution in [-0.2, 0) is 9.63 Å². The molecule has 0 bridgehead atoms. The van der Waals surface area contributed by atoms with Crippen LogP contribution in [0.2, 0.25) is 0 Å². The number of rotatable bonds is 7. The number of carbonyl (C=O) groups excluding carboxylic acids is 3. The Kier molecular flexibility index (Phi) is 5.47. The summed E-state index contributed by atoms with van der Waals surface area (Å²) in [5.74, 6) is -1.34. The van der Waals surface area contributed by atoms with E-state index in [0.717, 1.165) is 0 Å². The third-order valence-electron chi connectivity index (χ3n) is 3.96. The molecule has 0 fully saturated rings. The highest BCUT2D eigenvalue weighted by Gasteiger charge is 2.38. The van der Waals surface area contributed by atoms with Gasteiger partial charge in [0.1, 0.15) is 5.75 Å². The van der Waals surface area contributed by atoms with Crippen LogP contribution in [0.4, 0.5) is 0 Å². The number of ether oxygens (including phenoxy) is 1. The van der Waals surface area contributed by atoms with Crippen molar-refractivity contribution < 1.29 is 24.0 Å². The smallest absolute Gasteiger partial charge is 0.333 e. The fourth-order valence-electron chi connectivity index (χ4n) is 2.61. The van der Waals surface area contributed by atoms with Crippen LogP contribution in [0.15, 0.2) is 48.5 Å². The second-order valence-corrected chi connectivity index (χ2v) is 5.86. The highest BCUT2D eigenvalue weighted by atomic mass is 16.7. The number of benzene rings is 2. The molecule has 0 unspecified atom stereocenters. The maximum Gasteiger partial charge on any atom is 0.333 e. The molecule has 2 aromatic carbocycles. The van der Waals surface area contributed by atoms with Gasteiger partial charge in [-0.3, -0.25) is 9.59 Å². The van der Waals surface area contributed by atoms with Gasteiger partial charge < -0.3 is 9.57 Å². The first-order chi connectivity index (χ1) is 13.1. The van der Waals surface area contributed by atoms with Crippen LogP contribution in [0, 0.1) is 11.3 Å². The number of hydrogen-bond donors (Lipinski definition) is 0. The number of hydroxylamine groups is 2. The summed E-state index contributed by atoms with van der Waals surface area (Å²) >= 11 is 0. The number of nitriles is 1. The normalized spacial score (nSPS) is 12.5. The maximum atomic E-state index is 12.1. The van der Waals surface area contributed by atoms with E-state index in [4.69, 9.17) is 14.8 Å². The van der Waals surface area contributed by atoms with Gasteiger partial charge >= 0.3 is 5.97 Å². The monoisotopic (exact) mass is 364 g/mol. The van der Waals surface area contributed by atoms with Gasteiger partial charge in [-0.1, -0.05) is 23.3 Å². The second kappa shape index (κ2) is 8.15. The number of hydrogen-bond acceptors (Lipinski definition) is 6. The van der Waals surface area contributed by atoms with Crippen molar-refractivity contribution >= 4 is 17.8 Å². The predicted molar refractivity (Wildman–Crippen MR) is 93.5 cm³/mol.